The van der Waals surface area contributed by atoms with Gasteiger partial charge in [0.2, 0.25) is 0 Å². The lowest BCUT2D eigenvalue weighted by atomic mass is 10.1. The van der Waals surface area contributed by atoms with E-state index in [4.69, 9.17) is 17.3 Å². The second-order valence-electron chi connectivity index (χ2n) is 4.78. The normalized spacial score (nSPS) is 13.2. The minimum atomic E-state index is -0.693. The molecule has 2 heterocycles. The van der Waals surface area contributed by atoms with Crippen molar-refractivity contribution in [3.63, 3.8) is 0 Å². The van der Waals surface area contributed by atoms with Crippen LogP contribution < -0.4 is 16.6 Å². The topological polar surface area (TPSA) is 94.2 Å². The maximum absolute atomic E-state index is 13.5. The molecule has 3 N–H and O–H groups in total. The van der Waals surface area contributed by atoms with Crippen molar-refractivity contribution < 1.29 is 14.0 Å². The number of benzene rings is 1. The standard InChI is InChI=1S/C14H9ClFN3O3/c1-5-7(16)2-3-8(11(5)15)19-9(20)4-6-10(12(19)17)14(22)18-13(6)21/h2-4H,17H2,1H3,(H,18,21,22). The van der Waals surface area contributed by atoms with Crippen LogP contribution in [0.25, 0.3) is 5.69 Å². The third kappa shape index (κ3) is 1.82. The van der Waals surface area contributed by atoms with Crippen molar-refractivity contribution in [2.45, 2.75) is 6.92 Å². The molecule has 1 aliphatic rings. The third-order valence-electron chi connectivity index (χ3n) is 3.49. The first-order valence-electron chi connectivity index (χ1n) is 6.19. The summed E-state index contributed by atoms with van der Waals surface area (Å²) in [5, 5.41) is 2.06. The number of halogens is 2. The van der Waals surface area contributed by atoms with Crippen molar-refractivity contribution in [1.29, 1.82) is 0 Å². The number of hydrogen-bond acceptors (Lipinski definition) is 4. The Hall–Kier alpha value is -2.67. The van der Waals surface area contributed by atoms with Gasteiger partial charge in [-0.3, -0.25) is 24.3 Å². The zero-order chi connectivity index (χ0) is 16.2. The van der Waals surface area contributed by atoms with Crippen molar-refractivity contribution in [2.75, 3.05) is 5.73 Å². The lowest BCUT2D eigenvalue weighted by molar-refractivity contribution is 0.0880. The van der Waals surface area contributed by atoms with Gasteiger partial charge in [-0.15, -0.1) is 0 Å². The van der Waals surface area contributed by atoms with Crippen LogP contribution in [0.3, 0.4) is 0 Å². The summed E-state index contributed by atoms with van der Waals surface area (Å²) >= 11 is 6.07. The SMILES string of the molecule is Cc1c(F)ccc(-n2c(N)c3c(cc2=O)C(=O)NC3=O)c1Cl. The Morgan fingerprint density at radius 3 is 2.59 bits per heavy atom. The van der Waals surface area contributed by atoms with Gasteiger partial charge in [0.15, 0.2) is 0 Å². The largest absolute Gasteiger partial charge is 0.384 e. The van der Waals surface area contributed by atoms with Crippen LogP contribution in [0.4, 0.5) is 10.2 Å². The second-order valence-corrected chi connectivity index (χ2v) is 5.16. The first kappa shape index (κ1) is 14.3. The molecule has 3 rings (SSSR count). The van der Waals surface area contributed by atoms with E-state index in [0.29, 0.717) is 0 Å². The van der Waals surface area contributed by atoms with Gasteiger partial charge in [-0.25, -0.2) is 4.39 Å². The summed E-state index contributed by atoms with van der Waals surface area (Å²) < 4.78 is 14.5. The molecule has 2 amide bonds. The number of pyridine rings is 1. The molecule has 1 aromatic carbocycles. The van der Waals surface area contributed by atoms with Gasteiger partial charge in [0.25, 0.3) is 17.4 Å². The molecule has 0 unspecified atom stereocenters. The fourth-order valence-electron chi connectivity index (χ4n) is 2.35. The fraction of sp³-hybridized carbons (Fsp3) is 0.0714. The van der Waals surface area contributed by atoms with Gasteiger partial charge in [0.05, 0.1) is 21.8 Å². The minimum Gasteiger partial charge on any atom is -0.384 e. The molecule has 2 aromatic rings. The van der Waals surface area contributed by atoms with Gasteiger partial charge < -0.3 is 5.73 Å². The zero-order valence-corrected chi connectivity index (χ0v) is 12.0. The summed E-state index contributed by atoms with van der Waals surface area (Å²) in [5.74, 6) is -2.13. The summed E-state index contributed by atoms with van der Waals surface area (Å²) in [5.41, 5.74) is 5.33. The van der Waals surface area contributed by atoms with Crippen LogP contribution in [0, 0.1) is 12.7 Å². The highest BCUT2D eigenvalue weighted by molar-refractivity contribution is 6.33. The third-order valence-corrected chi connectivity index (χ3v) is 3.97. The van der Waals surface area contributed by atoms with E-state index in [1.165, 1.54) is 13.0 Å². The van der Waals surface area contributed by atoms with Gasteiger partial charge in [0.1, 0.15) is 11.6 Å². The molecule has 0 atom stereocenters. The second kappa shape index (κ2) is 4.67. The van der Waals surface area contributed by atoms with Gasteiger partial charge >= 0.3 is 0 Å². The zero-order valence-electron chi connectivity index (χ0n) is 11.2. The highest BCUT2D eigenvalue weighted by Gasteiger charge is 2.32. The molecule has 1 aromatic heterocycles. The summed E-state index contributed by atoms with van der Waals surface area (Å²) in [6.07, 6.45) is 0. The number of carbonyl (C=O) groups excluding carboxylic acids is 2. The molecule has 0 saturated heterocycles. The highest BCUT2D eigenvalue weighted by atomic mass is 35.5. The number of nitrogens with zero attached hydrogens (tertiary/aromatic N) is 1. The number of carbonyl (C=O) groups is 2. The van der Waals surface area contributed by atoms with Crippen LogP contribution in [0.1, 0.15) is 26.3 Å². The van der Waals surface area contributed by atoms with E-state index in [1.807, 2.05) is 0 Å². The molecule has 0 spiro atoms. The summed E-state index contributed by atoms with van der Waals surface area (Å²) in [6.45, 7) is 1.45. The number of anilines is 1. The first-order valence-corrected chi connectivity index (χ1v) is 6.57. The van der Waals surface area contributed by atoms with Crippen LogP contribution in [0.5, 0.6) is 0 Å². The highest BCUT2D eigenvalue weighted by Crippen LogP contribution is 2.29. The van der Waals surface area contributed by atoms with Crippen LogP contribution in [-0.4, -0.2) is 16.4 Å². The summed E-state index contributed by atoms with van der Waals surface area (Å²) in [7, 11) is 0. The number of rotatable bonds is 1. The number of nitrogen functional groups attached to an aromatic ring is 1. The van der Waals surface area contributed by atoms with E-state index in [1.54, 1.807) is 0 Å². The van der Waals surface area contributed by atoms with Crippen molar-refractivity contribution >= 4 is 29.2 Å². The van der Waals surface area contributed by atoms with E-state index in [2.05, 4.69) is 5.32 Å². The number of hydrogen-bond donors (Lipinski definition) is 2. The molecular formula is C14H9ClFN3O3. The molecule has 22 heavy (non-hydrogen) atoms. The van der Waals surface area contributed by atoms with Crippen molar-refractivity contribution in [3.8, 4) is 5.69 Å². The molecule has 112 valence electrons. The molecule has 0 bridgehead atoms. The Morgan fingerprint density at radius 2 is 1.91 bits per heavy atom. The average molecular weight is 322 g/mol. The van der Waals surface area contributed by atoms with E-state index >= 15 is 0 Å². The smallest absolute Gasteiger partial charge is 0.262 e. The summed E-state index contributed by atoms with van der Waals surface area (Å²) in [4.78, 5) is 35.6. The Balaban J connectivity index is 2.38. The molecular weight excluding hydrogens is 313 g/mol. The maximum Gasteiger partial charge on any atom is 0.262 e. The van der Waals surface area contributed by atoms with E-state index in [0.717, 1.165) is 16.7 Å². The Morgan fingerprint density at radius 1 is 1.23 bits per heavy atom. The average Bonchev–Trinajstić information content (AvgIpc) is 2.73. The van der Waals surface area contributed by atoms with E-state index in [9.17, 15) is 18.8 Å². The predicted molar refractivity (Wildman–Crippen MR) is 78.0 cm³/mol. The van der Waals surface area contributed by atoms with Gasteiger partial charge in [-0.1, -0.05) is 11.6 Å². The number of aromatic nitrogens is 1. The Bertz CT molecular complexity index is 921. The molecule has 8 heteroatoms. The van der Waals surface area contributed by atoms with Crippen molar-refractivity contribution in [1.82, 2.24) is 9.88 Å². The molecule has 0 radical (unpaired) electrons. The minimum absolute atomic E-state index is 0.00141. The van der Waals surface area contributed by atoms with E-state index < -0.39 is 23.2 Å². The molecule has 0 aliphatic carbocycles. The molecule has 0 saturated carbocycles. The number of fused-ring (bicyclic) bond motifs is 1. The Labute approximate surface area is 128 Å². The van der Waals surface area contributed by atoms with Crippen LogP contribution in [0.15, 0.2) is 23.0 Å². The number of imide groups is 1. The molecule has 0 fully saturated rings. The van der Waals surface area contributed by atoms with Crippen LogP contribution in [-0.2, 0) is 0 Å². The predicted octanol–water partition coefficient (Wildman–Crippen LogP) is 1.40. The Kier molecular flexibility index (Phi) is 3.03. The van der Waals surface area contributed by atoms with Crippen molar-refractivity contribution in [3.05, 3.63) is 56.1 Å². The van der Waals surface area contributed by atoms with E-state index in [-0.39, 0.29) is 33.2 Å². The van der Waals surface area contributed by atoms with Crippen LogP contribution >= 0.6 is 11.6 Å². The molecule has 1 aliphatic heterocycles. The van der Waals surface area contributed by atoms with Crippen LogP contribution in [0.2, 0.25) is 5.02 Å². The van der Waals surface area contributed by atoms with Gasteiger partial charge in [-0.05, 0) is 19.1 Å². The monoisotopic (exact) mass is 321 g/mol. The lowest BCUT2D eigenvalue weighted by Crippen LogP contribution is -2.24. The number of nitrogens with two attached hydrogens (primary N) is 1. The molecule has 6 nitrogen and oxygen atoms in total. The first-order chi connectivity index (χ1) is 10.3. The number of amides is 2. The number of nitrogens with one attached hydrogen (secondary N) is 1. The quantitative estimate of drug-likeness (QED) is 0.776. The van der Waals surface area contributed by atoms with Crippen molar-refractivity contribution in [2.24, 2.45) is 0 Å². The maximum atomic E-state index is 13.5. The van der Waals surface area contributed by atoms with Gasteiger partial charge in [-0.2, -0.15) is 0 Å². The fourth-order valence-corrected chi connectivity index (χ4v) is 2.59. The summed E-state index contributed by atoms with van der Waals surface area (Å²) in [6, 6.07) is 3.42. The lowest BCUT2D eigenvalue weighted by Gasteiger charge is -2.14. The van der Waals surface area contributed by atoms with Gasteiger partial charge in [0, 0.05) is 11.6 Å².